The van der Waals surface area contributed by atoms with Crippen molar-refractivity contribution in [1.29, 1.82) is 0 Å². The highest BCUT2D eigenvalue weighted by Gasteiger charge is 2.18. The molecule has 0 saturated heterocycles. The van der Waals surface area contributed by atoms with E-state index < -0.39 is 30.2 Å². The number of amides is 4. The molecule has 0 aliphatic carbocycles. The molecule has 48 heavy (non-hydrogen) atoms. The topological polar surface area (TPSA) is 208 Å². The fraction of sp³-hybridized carbons (Fsp3) is 0.441. The lowest BCUT2D eigenvalue weighted by Gasteiger charge is -2.16. The molecule has 0 aromatic heterocycles. The maximum atomic E-state index is 12.3. The van der Waals surface area contributed by atoms with Gasteiger partial charge in [-0.1, -0.05) is 60.7 Å². The molecule has 0 fully saturated rings. The summed E-state index contributed by atoms with van der Waals surface area (Å²) in [4.78, 5) is 52.2. The number of benzene rings is 2. The van der Waals surface area contributed by atoms with Gasteiger partial charge in [-0.25, -0.2) is 9.59 Å². The summed E-state index contributed by atoms with van der Waals surface area (Å²) in [6, 6.07) is 17.2. The van der Waals surface area contributed by atoms with E-state index in [9.17, 15) is 19.2 Å². The van der Waals surface area contributed by atoms with E-state index in [0.29, 0.717) is 45.4 Å². The highest BCUT2D eigenvalue weighted by molar-refractivity contribution is 5.92. The van der Waals surface area contributed by atoms with Crippen LogP contribution in [0.1, 0.15) is 55.2 Å². The van der Waals surface area contributed by atoms with Crippen LogP contribution in [0.3, 0.4) is 0 Å². The van der Waals surface area contributed by atoms with E-state index in [2.05, 4.69) is 26.3 Å². The Morgan fingerprint density at radius 2 is 1.33 bits per heavy atom. The zero-order valence-electron chi connectivity index (χ0n) is 27.6. The summed E-state index contributed by atoms with van der Waals surface area (Å²) in [6.45, 7) is 2.12. The van der Waals surface area contributed by atoms with Gasteiger partial charge in [0.05, 0.1) is 0 Å². The van der Waals surface area contributed by atoms with Crippen molar-refractivity contribution >= 4 is 30.0 Å². The molecule has 0 bridgehead atoms. The highest BCUT2D eigenvalue weighted by atomic mass is 16.6. The third-order valence-corrected chi connectivity index (χ3v) is 6.78. The van der Waals surface area contributed by atoms with Gasteiger partial charge in [0.1, 0.15) is 13.2 Å². The Labute approximate surface area is 282 Å². The molecule has 14 heteroatoms. The summed E-state index contributed by atoms with van der Waals surface area (Å²) in [5.41, 5.74) is 13.4. The largest absolute Gasteiger partial charge is 0.445 e. The molecule has 14 nitrogen and oxygen atoms in total. The van der Waals surface area contributed by atoms with Crippen LogP contribution in [0.2, 0.25) is 0 Å². The molecule has 0 spiro atoms. The molecule has 0 aliphatic rings. The Kier molecular flexibility index (Phi) is 19.6. The number of unbranched alkanes of at least 4 members (excludes halogenated alkanes) is 3. The quantitative estimate of drug-likeness (QED) is 0.0358. The SMILES string of the molecule is COC(NC(=O)C=CCCCCN=C(N)N)C(=O)NCCCCNC(=O)OCc1ccc(CCCNC(=O)OCc2ccccc2)cc1. The van der Waals surface area contributed by atoms with Crippen LogP contribution in [0.5, 0.6) is 0 Å². The van der Waals surface area contributed by atoms with Crippen LogP contribution in [0.4, 0.5) is 9.59 Å². The van der Waals surface area contributed by atoms with Gasteiger partial charge in [0.25, 0.3) is 5.91 Å². The van der Waals surface area contributed by atoms with Crippen molar-refractivity contribution in [2.45, 2.75) is 64.4 Å². The summed E-state index contributed by atoms with van der Waals surface area (Å²) < 4.78 is 15.6. The molecule has 4 amide bonds. The number of methoxy groups -OCH3 is 1. The number of aliphatic imine (C=N–C) groups is 1. The minimum atomic E-state index is -1.12. The first-order valence-electron chi connectivity index (χ1n) is 16.0. The Morgan fingerprint density at radius 1 is 0.750 bits per heavy atom. The van der Waals surface area contributed by atoms with Crippen LogP contribution in [0.15, 0.2) is 71.7 Å². The zero-order valence-corrected chi connectivity index (χ0v) is 27.6. The summed E-state index contributed by atoms with van der Waals surface area (Å²) >= 11 is 0. The molecule has 0 saturated carbocycles. The number of nitrogens with two attached hydrogens (primary N) is 2. The van der Waals surface area contributed by atoms with Crippen molar-refractivity contribution in [2.75, 3.05) is 33.3 Å². The fourth-order valence-corrected chi connectivity index (χ4v) is 4.19. The Hall–Kier alpha value is -5.11. The van der Waals surface area contributed by atoms with Gasteiger partial charge in [-0.05, 0) is 67.7 Å². The van der Waals surface area contributed by atoms with Gasteiger partial charge in [-0.2, -0.15) is 0 Å². The minimum Gasteiger partial charge on any atom is -0.445 e. The summed E-state index contributed by atoms with van der Waals surface area (Å²) in [5.74, 6) is -0.852. The number of alkyl carbamates (subject to hydrolysis) is 2. The van der Waals surface area contributed by atoms with Gasteiger partial charge in [-0.15, -0.1) is 0 Å². The maximum Gasteiger partial charge on any atom is 0.407 e. The van der Waals surface area contributed by atoms with Gasteiger partial charge in [-0.3, -0.25) is 14.6 Å². The predicted molar refractivity (Wildman–Crippen MR) is 182 cm³/mol. The minimum absolute atomic E-state index is 0.0561. The number of rotatable bonds is 22. The first kappa shape index (κ1) is 39.1. The Morgan fingerprint density at radius 3 is 1.96 bits per heavy atom. The molecule has 2 aromatic rings. The predicted octanol–water partition coefficient (Wildman–Crippen LogP) is 2.76. The lowest BCUT2D eigenvalue weighted by Crippen LogP contribution is -2.47. The molecule has 1 atom stereocenters. The molecule has 262 valence electrons. The second kappa shape index (κ2) is 24.1. The smallest absolute Gasteiger partial charge is 0.407 e. The third-order valence-electron chi connectivity index (χ3n) is 6.78. The van der Waals surface area contributed by atoms with Crippen molar-refractivity contribution in [2.24, 2.45) is 16.5 Å². The van der Waals surface area contributed by atoms with Crippen molar-refractivity contribution in [3.63, 3.8) is 0 Å². The standard InChI is InChI=1S/C34H49N7O7/c1-46-31(41-29(42)15-7-2-3-8-21-38-32(35)36)30(43)37-20-9-10-22-39-33(44)48-25-28-18-16-26(17-19-28)14-11-23-40-34(45)47-24-27-12-5-4-6-13-27/h4-7,12-13,15-19,31H,2-3,8-11,14,20-25H2,1H3,(H,37,43)(H,39,44)(H,40,45)(H,41,42)(H4,35,36,38). The van der Waals surface area contributed by atoms with Gasteiger partial charge < -0.3 is 46.9 Å². The van der Waals surface area contributed by atoms with E-state index >= 15 is 0 Å². The average Bonchev–Trinajstić information content (AvgIpc) is 3.09. The van der Waals surface area contributed by atoms with Crippen molar-refractivity contribution in [3.8, 4) is 0 Å². The summed E-state index contributed by atoms with van der Waals surface area (Å²) in [6.07, 6.45) is 6.00. The number of nitrogens with zero attached hydrogens (tertiary/aromatic N) is 1. The van der Waals surface area contributed by atoms with E-state index in [-0.39, 0.29) is 19.2 Å². The Bertz CT molecular complexity index is 1300. The van der Waals surface area contributed by atoms with Gasteiger partial charge >= 0.3 is 12.2 Å². The lowest BCUT2D eigenvalue weighted by molar-refractivity contribution is -0.137. The molecule has 0 radical (unpaired) electrons. The zero-order chi connectivity index (χ0) is 34.8. The molecule has 2 rings (SSSR count). The lowest BCUT2D eigenvalue weighted by atomic mass is 10.1. The van der Waals surface area contributed by atoms with Crippen LogP contribution in [0, 0.1) is 0 Å². The number of hydrogen-bond acceptors (Lipinski definition) is 8. The molecular weight excluding hydrogens is 618 g/mol. The monoisotopic (exact) mass is 667 g/mol. The van der Waals surface area contributed by atoms with Gasteiger partial charge in [0.15, 0.2) is 5.96 Å². The second-order valence-electron chi connectivity index (χ2n) is 10.7. The number of allylic oxidation sites excluding steroid dienone is 1. The van der Waals surface area contributed by atoms with Crippen LogP contribution in [0.25, 0.3) is 0 Å². The van der Waals surface area contributed by atoms with Crippen molar-refractivity contribution < 1.29 is 33.4 Å². The van der Waals surface area contributed by atoms with Crippen LogP contribution < -0.4 is 32.7 Å². The fourth-order valence-electron chi connectivity index (χ4n) is 4.19. The number of nitrogens with one attached hydrogen (secondary N) is 4. The van der Waals surface area contributed by atoms with E-state index in [4.69, 9.17) is 25.7 Å². The molecule has 0 heterocycles. The Balaban J connectivity index is 1.49. The molecule has 0 aliphatic heterocycles. The molecule has 1 unspecified atom stereocenters. The van der Waals surface area contributed by atoms with E-state index in [0.717, 1.165) is 42.4 Å². The summed E-state index contributed by atoms with van der Waals surface area (Å²) in [5, 5.41) is 10.6. The second-order valence-corrected chi connectivity index (χ2v) is 10.7. The van der Waals surface area contributed by atoms with Crippen LogP contribution in [-0.2, 0) is 43.4 Å². The van der Waals surface area contributed by atoms with Gasteiger partial charge in [0, 0.05) is 33.3 Å². The number of carbonyl (C=O) groups is 4. The summed E-state index contributed by atoms with van der Waals surface area (Å²) in [7, 11) is 1.33. The van der Waals surface area contributed by atoms with Gasteiger partial charge in [0.2, 0.25) is 12.1 Å². The van der Waals surface area contributed by atoms with E-state index in [1.807, 2.05) is 54.6 Å². The molecule has 2 aromatic carbocycles. The van der Waals surface area contributed by atoms with Crippen LogP contribution in [-0.4, -0.2) is 69.5 Å². The first-order valence-corrected chi connectivity index (χ1v) is 16.0. The highest BCUT2D eigenvalue weighted by Crippen LogP contribution is 2.08. The number of guanidine groups is 1. The van der Waals surface area contributed by atoms with Crippen LogP contribution >= 0.6 is 0 Å². The number of ether oxygens (including phenoxy) is 3. The van der Waals surface area contributed by atoms with Crippen molar-refractivity contribution in [3.05, 3.63) is 83.4 Å². The van der Waals surface area contributed by atoms with E-state index in [1.54, 1.807) is 6.08 Å². The molecular formula is C34H49N7O7. The third kappa shape index (κ3) is 18.8. The van der Waals surface area contributed by atoms with E-state index in [1.165, 1.54) is 13.2 Å². The average molecular weight is 668 g/mol. The number of carbonyl (C=O) groups excluding carboxylic acids is 4. The normalized spacial score (nSPS) is 11.3. The number of aryl methyl sites for hydroxylation is 1. The first-order chi connectivity index (χ1) is 23.3. The maximum absolute atomic E-state index is 12.3. The number of hydrogen-bond donors (Lipinski definition) is 6. The molecule has 8 N–H and O–H groups in total. The van der Waals surface area contributed by atoms with Crippen molar-refractivity contribution in [1.82, 2.24) is 21.3 Å².